The van der Waals surface area contributed by atoms with Gasteiger partial charge in [0.25, 0.3) is 5.78 Å². The highest BCUT2D eigenvalue weighted by molar-refractivity contribution is 7.22. The van der Waals surface area contributed by atoms with Crippen molar-refractivity contribution in [3.63, 3.8) is 0 Å². The number of ether oxygens (including phenoxy) is 1. The van der Waals surface area contributed by atoms with Gasteiger partial charge in [0.1, 0.15) is 11.5 Å². The van der Waals surface area contributed by atoms with E-state index in [1.54, 1.807) is 48.5 Å². The van der Waals surface area contributed by atoms with E-state index in [0.717, 1.165) is 15.8 Å². The van der Waals surface area contributed by atoms with Gasteiger partial charge >= 0.3 is 5.91 Å². The summed E-state index contributed by atoms with van der Waals surface area (Å²) in [5.41, 5.74) is 2.78. The number of thiazole rings is 1. The second kappa shape index (κ2) is 9.17. The van der Waals surface area contributed by atoms with Gasteiger partial charge < -0.3 is 9.84 Å². The predicted octanol–water partition coefficient (Wildman–Crippen LogP) is 6.28. The number of benzene rings is 3. The first kappa shape index (κ1) is 23.1. The van der Waals surface area contributed by atoms with Gasteiger partial charge in [0.05, 0.1) is 28.4 Å². The van der Waals surface area contributed by atoms with Crippen LogP contribution in [0.4, 0.5) is 5.13 Å². The van der Waals surface area contributed by atoms with Crippen LogP contribution in [0.5, 0.6) is 5.75 Å². The van der Waals surface area contributed by atoms with Gasteiger partial charge in [-0.3, -0.25) is 14.5 Å². The second-order valence-corrected chi connectivity index (χ2v) is 9.59. The minimum atomic E-state index is -0.887. The summed E-state index contributed by atoms with van der Waals surface area (Å²) in [5.74, 6) is -1.16. The summed E-state index contributed by atoms with van der Waals surface area (Å²) < 4.78 is 6.37. The Morgan fingerprint density at radius 2 is 1.89 bits per heavy atom. The number of amides is 1. The second-order valence-electron chi connectivity index (χ2n) is 8.15. The van der Waals surface area contributed by atoms with Crippen LogP contribution in [0.3, 0.4) is 0 Å². The SMILES string of the molecule is CCOc1ccc(C(O)=C2C(=O)C(=O)N(c3nc4ccc(C)cc4s3)[C@@H]2c2cccc(Cl)c2)cc1. The first-order valence-corrected chi connectivity index (χ1v) is 12.2. The van der Waals surface area contributed by atoms with Gasteiger partial charge in [0, 0.05) is 10.6 Å². The topological polar surface area (TPSA) is 79.7 Å². The zero-order valence-electron chi connectivity index (χ0n) is 19.0. The molecule has 1 saturated heterocycles. The Bertz CT molecular complexity index is 1490. The highest BCUT2D eigenvalue weighted by Gasteiger charge is 2.48. The maximum atomic E-state index is 13.3. The van der Waals surface area contributed by atoms with E-state index in [9.17, 15) is 14.7 Å². The molecule has 0 bridgehead atoms. The first-order valence-electron chi connectivity index (χ1n) is 11.0. The monoisotopic (exact) mass is 504 g/mol. The lowest BCUT2D eigenvalue weighted by atomic mass is 9.95. The summed E-state index contributed by atoms with van der Waals surface area (Å²) in [4.78, 5) is 32.7. The highest BCUT2D eigenvalue weighted by atomic mass is 35.5. The van der Waals surface area contributed by atoms with E-state index in [2.05, 4.69) is 4.98 Å². The average Bonchev–Trinajstić information content (AvgIpc) is 3.37. The van der Waals surface area contributed by atoms with Crippen molar-refractivity contribution in [2.24, 2.45) is 0 Å². The third-order valence-corrected chi connectivity index (χ3v) is 7.04. The molecule has 176 valence electrons. The third kappa shape index (κ3) is 4.17. The number of aryl methyl sites for hydroxylation is 1. The van der Waals surface area contributed by atoms with Gasteiger partial charge in [-0.05, 0) is 73.5 Å². The lowest BCUT2D eigenvalue weighted by Crippen LogP contribution is -2.29. The largest absolute Gasteiger partial charge is 0.507 e. The molecule has 8 heteroatoms. The van der Waals surface area contributed by atoms with Gasteiger partial charge in [0.15, 0.2) is 5.13 Å². The average molecular weight is 505 g/mol. The molecule has 0 saturated carbocycles. The maximum Gasteiger partial charge on any atom is 0.301 e. The van der Waals surface area contributed by atoms with Crippen LogP contribution >= 0.6 is 22.9 Å². The lowest BCUT2D eigenvalue weighted by Gasteiger charge is -2.23. The molecule has 3 aromatic carbocycles. The number of ketones is 1. The zero-order chi connectivity index (χ0) is 24.7. The van der Waals surface area contributed by atoms with Crippen LogP contribution in [0.15, 0.2) is 72.3 Å². The number of nitrogens with zero attached hydrogens (tertiary/aromatic N) is 2. The van der Waals surface area contributed by atoms with Gasteiger partial charge in [-0.15, -0.1) is 0 Å². The molecule has 2 heterocycles. The number of rotatable bonds is 5. The number of halogens is 1. The number of hydrogen-bond acceptors (Lipinski definition) is 6. The van der Waals surface area contributed by atoms with Crippen LogP contribution in [-0.2, 0) is 9.59 Å². The molecule has 1 aliphatic heterocycles. The summed E-state index contributed by atoms with van der Waals surface area (Å²) >= 11 is 7.59. The van der Waals surface area contributed by atoms with Crippen molar-refractivity contribution in [1.82, 2.24) is 4.98 Å². The molecule has 35 heavy (non-hydrogen) atoms. The Balaban J connectivity index is 1.69. The molecule has 1 amide bonds. The fraction of sp³-hybridized carbons (Fsp3) is 0.148. The van der Waals surface area contributed by atoms with Crippen LogP contribution in [-0.4, -0.2) is 28.4 Å². The fourth-order valence-electron chi connectivity index (χ4n) is 4.18. The summed E-state index contributed by atoms with van der Waals surface area (Å²) in [6, 6.07) is 18.6. The van der Waals surface area contributed by atoms with Gasteiger partial charge in [-0.25, -0.2) is 4.98 Å². The van der Waals surface area contributed by atoms with Crippen LogP contribution < -0.4 is 9.64 Å². The predicted molar refractivity (Wildman–Crippen MR) is 138 cm³/mol. The Morgan fingerprint density at radius 3 is 2.60 bits per heavy atom. The molecular formula is C27H21ClN2O4S. The van der Waals surface area contributed by atoms with Gasteiger partial charge in [-0.2, -0.15) is 0 Å². The van der Waals surface area contributed by atoms with E-state index >= 15 is 0 Å². The molecule has 1 N–H and O–H groups in total. The highest BCUT2D eigenvalue weighted by Crippen LogP contribution is 2.44. The fourth-order valence-corrected chi connectivity index (χ4v) is 5.46. The molecule has 0 unspecified atom stereocenters. The number of Topliss-reactive ketones (excluding diaryl/α,β-unsaturated/α-hetero) is 1. The molecule has 1 aromatic heterocycles. The summed E-state index contributed by atoms with van der Waals surface area (Å²) in [7, 11) is 0. The van der Waals surface area contributed by atoms with Gasteiger partial charge in [0.2, 0.25) is 0 Å². The van der Waals surface area contributed by atoms with Crippen molar-refractivity contribution < 1.29 is 19.4 Å². The molecule has 1 aliphatic rings. The minimum Gasteiger partial charge on any atom is -0.507 e. The van der Waals surface area contributed by atoms with E-state index in [1.807, 2.05) is 32.0 Å². The molecule has 0 spiro atoms. The smallest absolute Gasteiger partial charge is 0.301 e. The van der Waals surface area contributed by atoms with E-state index in [-0.39, 0.29) is 11.3 Å². The van der Waals surface area contributed by atoms with Crippen molar-refractivity contribution in [3.05, 3.63) is 94.0 Å². The first-order chi connectivity index (χ1) is 16.9. The quantitative estimate of drug-likeness (QED) is 0.196. The number of hydrogen-bond donors (Lipinski definition) is 1. The maximum absolute atomic E-state index is 13.3. The third-order valence-electron chi connectivity index (χ3n) is 5.79. The number of aromatic nitrogens is 1. The van der Waals surface area contributed by atoms with Crippen LogP contribution in [0.25, 0.3) is 16.0 Å². The Hall–Kier alpha value is -3.68. The number of aliphatic hydroxyl groups is 1. The van der Waals surface area contributed by atoms with E-state index in [4.69, 9.17) is 16.3 Å². The normalized spacial score (nSPS) is 17.3. The van der Waals surface area contributed by atoms with Crippen LogP contribution in [0.2, 0.25) is 5.02 Å². The molecule has 0 aliphatic carbocycles. The summed E-state index contributed by atoms with van der Waals surface area (Å²) in [6.45, 7) is 4.37. The summed E-state index contributed by atoms with van der Waals surface area (Å²) in [6.07, 6.45) is 0. The van der Waals surface area contributed by atoms with Crippen molar-refractivity contribution in [3.8, 4) is 5.75 Å². The summed E-state index contributed by atoms with van der Waals surface area (Å²) in [5, 5.41) is 12.1. The number of carbonyl (C=O) groups is 2. The number of anilines is 1. The zero-order valence-corrected chi connectivity index (χ0v) is 20.6. The van der Waals surface area contributed by atoms with Gasteiger partial charge in [-0.1, -0.05) is 41.1 Å². The van der Waals surface area contributed by atoms with Crippen LogP contribution in [0, 0.1) is 6.92 Å². The van der Waals surface area contributed by atoms with E-state index < -0.39 is 17.7 Å². The molecule has 6 nitrogen and oxygen atoms in total. The van der Waals surface area contributed by atoms with Crippen LogP contribution in [0.1, 0.15) is 29.7 Å². The van der Waals surface area contributed by atoms with E-state index in [1.165, 1.54) is 16.2 Å². The Labute approximate surface area is 211 Å². The van der Waals surface area contributed by atoms with Crippen molar-refractivity contribution in [1.29, 1.82) is 0 Å². The molecule has 1 fully saturated rings. The van der Waals surface area contributed by atoms with Crippen molar-refractivity contribution in [2.45, 2.75) is 19.9 Å². The van der Waals surface area contributed by atoms with Crippen molar-refractivity contribution >= 4 is 55.7 Å². The molecule has 5 rings (SSSR count). The van der Waals surface area contributed by atoms with Crippen molar-refractivity contribution in [2.75, 3.05) is 11.5 Å². The Morgan fingerprint density at radius 1 is 1.11 bits per heavy atom. The Kier molecular flexibility index (Phi) is 6.05. The minimum absolute atomic E-state index is 0.0168. The van der Waals surface area contributed by atoms with E-state index in [0.29, 0.717) is 33.6 Å². The standard InChI is InChI=1S/C27H21ClN2O4S/c1-3-34-19-10-8-16(9-11-19)24(31)22-23(17-5-4-6-18(28)14-17)30(26(33)25(22)32)27-29-20-12-7-15(2)13-21(20)35-27/h4-14,23,31H,3H2,1-2H3/t23-/m1/s1. The molecule has 1 atom stereocenters. The number of aliphatic hydroxyl groups excluding tert-OH is 1. The molecule has 0 radical (unpaired) electrons. The lowest BCUT2D eigenvalue weighted by molar-refractivity contribution is -0.132. The number of carbonyl (C=O) groups excluding carboxylic acids is 2. The molecular weight excluding hydrogens is 484 g/mol. The molecule has 4 aromatic rings. The number of fused-ring (bicyclic) bond motifs is 1.